The predicted octanol–water partition coefficient (Wildman–Crippen LogP) is 2.92. The molecule has 1 amide bonds. The molecule has 204 valence electrons. The van der Waals surface area contributed by atoms with E-state index in [1.54, 1.807) is 17.0 Å². The van der Waals surface area contributed by atoms with Crippen molar-refractivity contribution in [3.63, 3.8) is 0 Å². The Kier molecular flexibility index (Phi) is 10.4. The largest absolute Gasteiger partial charge is 0.487 e. The molecule has 3 aliphatic heterocycles. The summed E-state index contributed by atoms with van der Waals surface area (Å²) in [5.74, 6) is 0.487. The van der Waals surface area contributed by atoms with Gasteiger partial charge in [0.2, 0.25) is 0 Å². The number of amides is 1. The van der Waals surface area contributed by atoms with Crippen LogP contribution in [0.2, 0.25) is 0 Å². The van der Waals surface area contributed by atoms with Crippen LogP contribution in [-0.2, 0) is 13.0 Å². The number of carbonyl (C=O) groups excluding carboxylic acids is 1. The maximum absolute atomic E-state index is 14.2. The number of likely N-dealkylation sites (N-methyl/N-ethyl adjacent to an activating group) is 1. The van der Waals surface area contributed by atoms with Crippen LogP contribution in [0.1, 0.15) is 27.9 Å². The number of piperidine rings is 1. The van der Waals surface area contributed by atoms with Gasteiger partial charge in [-0.2, -0.15) is 0 Å². The molecular formula is C27H37Cl2FN4O3. The van der Waals surface area contributed by atoms with E-state index in [9.17, 15) is 14.3 Å². The summed E-state index contributed by atoms with van der Waals surface area (Å²) >= 11 is 0. The van der Waals surface area contributed by atoms with Gasteiger partial charge in [-0.25, -0.2) is 4.39 Å². The highest BCUT2D eigenvalue weighted by Gasteiger charge is 2.30. The molecule has 10 heteroatoms. The molecule has 5 rings (SSSR count). The number of nitrogens with one attached hydrogen (secondary N) is 1. The highest BCUT2D eigenvalue weighted by Crippen LogP contribution is 2.30. The molecule has 0 bridgehead atoms. The smallest absolute Gasteiger partial charge is 0.256 e. The van der Waals surface area contributed by atoms with Crippen LogP contribution in [0, 0.1) is 0 Å². The van der Waals surface area contributed by atoms with Gasteiger partial charge in [0.15, 0.2) is 0 Å². The molecule has 3 aliphatic rings. The lowest BCUT2D eigenvalue weighted by Gasteiger charge is -2.32. The lowest BCUT2D eigenvalue weighted by atomic mass is 10.00. The molecule has 2 N–H and O–H groups in total. The number of benzene rings is 2. The molecule has 0 aromatic heterocycles. The summed E-state index contributed by atoms with van der Waals surface area (Å²) in [6.07, 6.45) is -0.558. The van der Waals surface area contributed by atoms with Crippen molar-refractivity contribution in [1.29, 1.82) is 0 Å². The van der Waals surface area contributed by atoms with Gasteiger partial charge in [-0.3, -0.25) is 9.69 Å². The third kappa shape index (κ3) is 6.86. The van der Waals surface area contributed by atoms with Crippen LogP contribution in [-0.4, -0.2) is 92.1 Å². The van der Waals surface area contributed by atoms with E-state index >= 15 is 0 Å². The van der Waals surface area contributed by atoms with E-state index in [-0.39, 0.29) is 30.7 Å². The number of fused-ring (bicyclic) bond motifs is 2. The molecule has 0 spiro atoms. The van der Waals surface area contributed by atoms with E-state index in [1.807, 2.05) is 18.0 Å². The summed E-state index contributed by atoms with van der Waals surface area (Å²) < 4.78 is 20.2. The molecule has 0 aliphatic carbocycles. The zero-order valence-corrected chi connectivity index (χ0v) is 22.8. The van der Waals surface area contributed by atoms with E-state index < -0.39 is 18.4 Å². The van der Waals surface area contributed by atoms with Gasteiger partial charge in [-0.15, -0.1) is 24.8 Å². The normalized spacial score (nSPS) is 22.6. The fourth-order valence-electron chi connectivity index (χ4n) is 5.34. The van der Waals surface area contributed by atoms with Gasteiger partial charge in [-0.1, -0.05) is 24.3 Å². The minimum absolute atomic E-state index is 0. The van der Waals surface area contributed by atoms with Gasteiger partial charge < -0.3 is 25.0 Å². The highest BCUT2D eigenvalue weighted by atomic mass is 35.5. The summed E-state index contributed by atoms with van der Waals surface area (Å²) in [6.45, 7) is 4.77. The van der Waals surface area contributed by atoms with E-state index in [2.05, 4.69) is 34.5 Å². The molecule has 0 saturated carbocycles. The van der Waals surface area contributed by atoms with Crippen molar-refractivity contribution >= 4 is 36.4 Å². The van der Waals surface area contributed by atoms with Crippen LogP contribution in [0.5, 0.6) is 5.75 Å². The number of halogens is 3. The van der Waals surface area contributed by atoms with Crippen LogP contribution < -0.4 is 15.0 Å². The summed E-state index contributed by atoms with van der Waals surface area (Å²) in [6, 6.07) is 13.8. The second-order valence-corrected chi connectivity index (χ2v) is 9.92. The summed E-state index contributed by atoms with van der Waals surface area (Å²) in [7, 11) is 1.95. The first kappa shape index (κ1) is 29.5. The predicted molar refractivity (Wildman–Crippen MR) is 148 cm³/mol. The molecule has 2 aromatic carbocycles. The van der Waals surface area contributed by atoms with Crippen molar-refractivity contribution in [3.8, 4) is 5.75 Å². The van der Waals surface area contributed by atoms with Gasteiger partial charge in [0.1, 0.15) is 18.0 Å². The molecule has 7 nitrogen and oxygen atoms in total. The number of anilines is 1. The fraction of sp³-hybridized carbons (Fsp3) is 0.519. The summed E-state index contributed by atoms with van der Waals surface area (Å²) in [5.41, 5.74) is 4.06. The molecule has 0 radical (unpaired) electrons. The van der Waals surface area contributed by atoms with Crippen molar-refractivity contribution in [3.05, 3.63) is 59.2 Å². The third-order valence-electron chi connectivity index (χ3n) is 7.35. The van der Waals surface area contributed by atoms with Gasteiger partial charge in [0.05, 0.1) is 17.4 Å². The number of hydrogen-bond donors (Lipinski definition) is 2. The zero-order valence-electron chi connectivity index (χ0n) is 21.1. The number of β-amino-alcohol motifs (C(OH)–C–C–N with tert-alkyl or cyclic N) is 1. The van der Waals surface area contributed by atoms with Crippen LogP contribution in [0.3, 0.4) is 0 Å². The number of nitrogens with zero attached hydrogens (tertiary/aromatic N) is 3. The Morgan fingerprint density at radius 1 is 1.11 bits per heavy atom. The topological polar surface area (TPSA) is 68.3 Å². The average molecular weight is 556 g/mol. The standard InChI is InChI=1S/C27H35FN4O3.2ClH/c1-30-12-13-32(18-21(33)17-31-11-9-19-4-2-3-5-20(19)16-31)27(34)23-7-6-22(14-25(23)30)35-26-8-10-29-15-24(26)28;;/h2-7,14,21,24,26,29,33H,8-13,15-18H2,1H3;2*1H/t21-,24?,26?;;/m1../s1. The molecule has 2 aromatic rings. The number of hydrogen-bond acceptors (Lipinski definition) is 6. The minimum Gasteiger partial charge on any atom is -0.487 e. The molecular weight excluding hydrogens is 518 g/mol. The maximum atomic E-state index is 14.2. The first-order chi connectivity index (χ1) is 17.0. The SMILES string of the molecule is CN1CCN(C[C@H](O)CN2CCc3ccccc3C2)C(=O)c2ccc(OC3CCNCC3F)cc21.Cl.Cl. The van der Waals surface area contributed by atoms with Crippen molar-refractivity contribution < 1.29 is 19.0 Å². The number of rotatable bonds is 6. The summed E-state index contributed by atoms with van der Waals surface area (Å²) in [4.78, 5) is 19.4. The number of alkyl halides is 1. The Hall–Kier alpha value is -2.10. The van der Waals surface area contributed by atoms with E-state index in [4.69, 9.17) is 4.74 Å². The van der Waals surface area contributed by atoms with Crippen molar-refractivity contribution in [1.82, 2.24) is 15.1 Å². The minimum atomic E-state index is -1.05. The Balaban J connectivity index is 0.00000190. The Morgan fingerprint density at radius 2 is 1.89 bits per heavy atom. The molecule has 3 heterocycles. The molecule has 37 heavy (non-hydrogen) atoms. The highest BCUT2D eigenvalue weighted by molar-refractivity contribution is 6.00. The maximum Gasteiger partial charge on any atom is 0.256 e. The zero-order chi connectivity index (χ0) is 24.4. The second-order valence-electron chi connectivity index (χ2n) is 9.92. The number of aliphatic hydroxyl groups excluding tert-OH is 1. The lowest BCUT2D eigenvalue weighted by molar-refractivity contribution is 0.0521. The van der Waals surface area contributed by atoms with E-state index in [0.717, 1.165) is 31.7 Å². The van der Waals surface area contributed by atoms with Crippen LogP contribution in [0.15, 0.2) is 42.5 Å². The van der Waals surface area contributed by atoms with Crippen molar-refractivity contribution in [2.75, 3.05) is 57.8 Å². The molecule has 2 unspecified atom stereocenters. The number of carbonyl (C=O) groups is 1. The van der Waals surface area contributed by atoms with E-state index in [1.165, 1.54) is 11.1 Å². The Labute approximate surface area is 230 Å². The lowest BCUT2D eigenvalue weighted by Crippen LogP contribution is -2.44. The first-order valence-electron chi connectivity index (χ1n) is 12.6. The van der Waals surface area contributed by atoms with Gasteiger partial charge >= 0.3 is 0 Å². The first-order valence-corrected chi connectivity index (χ1v) is 12.6. The molecule has 1 fully saturated rings. The van der Waals surface area contributed by atoms with Crippen LogP contribution >= 0.6 is 24.8 Å². The Morgan fingerprint density at radius 3 is 2.68 bits per heavy atom. The quantitative estimate of drug-likeness (QED) is 0.572. The van der Waals surface area contributed by atoms with Gasteiger partial charge in [-0.05, 0) is 42.6 Å². The number of ether oxygens (including phenoxy) is 1. The molecule has 1 saturated heterocycles. The fourth-order valence-corrected chi connectivity index (χ4v) is 5.34. The van der Waals surface area contributed by atoms with E-state index in [0.29, 0.717) is 50.5 Å². The van der Waals surface area contributed by atoms with Gasteiger partial charge in [0, 0.05) is 58.9 Å². The van der Waals surface area contributed by atoms with Crippen molar-refractivity contribution in [2.24, 2.45) is 0 Å². The second kappa shape index (κ2) is 13.1. The molecule has 3 atom stereocenters. The van der Waals surface area contributed by atoms with Gasteiger partial charge in [0.25, 0.3) is 5.91 Å². The monoisotopic (exact) mass is 554 g/mol. The van der Waals surface area contributed by atoms with Crippen molar-refractivity contribution in [2.45, 2.75) is 37.8 Å². The average Bonchev–Trinajstić information content (AvgIpc) is 2.97. The van der Waals surface area contributed by atoms with Crippen LogP contribution in [0.25, 0.3) is 0 Å². The Bertz CT molecular complexity index is 1060. The third-order valence-corrected chi connectivity index (χ3v) is 7.35. The van der Waals surface area contributed by atoms with Crippen LogP contribution in [0.4, 0.5) is 10.1 Å². The summed E-state index contributed by atoms with van der Waals surface area (Å²) in [5, 5.41) is 13.9. The number of aliphatic hydroxyl groups is 1.